The number of hydrogen-bond acceptors (Lipinski definition) is 5. The van der Waals surface area contributed by atoms with Crippen LogP contribution in [-0.2, 0) is 17.7 Å². The number of piperidine rings is 1. The van der Waals surface area contributed by atoms with Gasteiger partial charge in [-0.05, 0) is 30.0 Å². The summed E-state index contributed by atoms with van der Waals surface area (Å²) in [6.07, 6.45) is 4.90. The van der Waals surface area contributed by atoms with Crippen LogP contribution >= 0.6 is 0 Å². The van der Waals surface area contributed by atoms with Crippen molar-refractivity contribution < 1.29 is 9.53 Å². The van der Waals surface area contributed by atoms with Gasteiger partial charge in [0.1, 0.15) is 5.82 Å². The van der Waals surface area contributed by atoms with Gasteiger partial charge in [-0.2, -0.15) is 0 Å². The van der Waals surface area contributed by atoms with Crippen molar-refractivity contribution >= 4 is 6.03 Å². The fourth-order valence-corrected chi connectivity index (χ4v) is 4.34. The lowest BCUT2D eigenvalue weighted by molar-refractivity contribution is -0.0414. The van der Waals surface area contributed by atoms with Gasteiger partial charge in [0.25, 0.3) is 0 Å². The van der Waals surface area contributed by atoms with Crippen LogP contribution in [0.4, 0.5) is 4.79 Å². The van der Waals surface area contributed by atoms with Crippen LogP contribution in [0, 0.1) is 0 Å². The van der Waals surface area contributed by atoms with Crippen molar-refractivity contribution in [3.05, 3.63) is 47.3 Å². The number of nitrogens with zero attached hydrogens (tertiary/aromatic N) is 2. The van der Waals surface area contributed by atoms with Crippen molar-refractivity contribution in [1.29, 1.82) is 0 Å². The first-order valence-electron chi connectivity index (χ1n) is 9.84. The number of morpholine rings is 1. The molecule has 4 rings (SSSR count). The lowest BCUT2D eigenvalue weighted by atomic mass is 9.95. The van der Waals surface area contributed by atoms with E-state index in [-0.39, 0.29) is 24.2 Å². The average molecular weight is 371 g/mol. The molecule has 2 amide bonds. The van der Waals surface area contributed by atoms with Crippen LogP contribution in [0.1, 0.15) is 24.0 Å². The summed E-state index contributed by atoms with van der Waals surface area (Å²) in [6.45, 7) is 3.37. The minimum absolute atomic E-state index is 0.0444. The standard InChI is InChI=1S/C20H29N5O2/c21-12-15-5-2-1-4-14(15)10-18-17-11-19(24-7-3-6-16(22)13-24)23-20(26)25(17)8-9-27-18/h1-2,4-5,11,16-18H,3,6-10,12-13,21-22H2,(H,23,26). The Balaban J connectivity index is 1.58. The zero-order chi connectivity index (χ0) is 18.8. The highest BCUT2D eigenvalue weighted by Gasteiger charge is 2.38. The van der Waals surface area contributed by atoms with Gasteiger partial charge >= 0.3 is 6.03 Å². The van der Waals surface area contributed by atoms with Gasteiger partial charge in [0.05, 0.1) is 18.8 Å². The lowest BCUT2D eigenvalue weighted by Crippen LogP contribution is -2.61. The molecule has 7 nitrogen and oxygen atoms in total. The van der Waals surface area contributed by atoms with Crippen molar-refractivity contribution in [2.75, 3.05) is 26.2 Å². The minimum atomic E-state index is -0.0778. The highest BCUT2D eigenvalue weighted by Crippen LogP contribution is 2.26. The molecule has 2 saturated heterocycles. The van der Waals surface area contributed by atoms with Crippen LogP contribution in [0.5, 0.6) is 0 Å². The molecule has 146 valence electrons. The summed E-state index contributed by atoms with van der Waals surface area (Å²) in [7, 11) is 0. The molecule has 1 aromatic carbocycles. The number of nitrogens with two attached hydrogens (primary N) is 2. The Hall–Kier alpha value is -2.09. The molecule has 3 aliphatic rings. The van der Waals surface area contributed by atoms with Gasteiger partial charge in [0.2, 0.25) is 0 Å². The van der Waals surface area contributed by atoms with Crippen LogP contribution in [0.3, 0.4) is 0 Å². The number of ether oxygens (including phenoxy) is 1. The summed E-state index contributed by atoms with van der Waals surface area (Å²) in [6, 6.07) is 8.22. The Labute approximate surface area is 160 Å². The molecule has 0 radical (unpaired) electrons. The number of carbonyl (C=O) groups excluding carboxylic acids is 1. The predicted octanol–water partition coefficient (Wildman–Crippen LogP) is 0.745. The molecule has 0 spiro atoms. The Kier molecular flexibility index (Phi) is 5.33. The molecular weight excluding hydrogens is 342 g/mol. The number of benzene rings is 1. The largest absolute Gasteiger partial charge is 0.374 e. The predicted molar refractivity (Wildman–Crippen MR) is 104 cm³/mol. The number of likely N-dealkylation sites (tertiary alicyclic amines) is 1. The maximum atomic E-state index is 12.7. The lowest BCUT2D eigenvalue weighted by Gasteiger charge is -2.45. The molecular formula is C20H29N5O2. The molecule has 0 aromatic heterocycles. The summed E-state index contributed by atoms with van der Waals surface area (Å²) in [4.78, 5) is 16.8. The van der Waals surface area contributed by atoms with Crippen LogP contribution in [-0.4, -0.2) is 60.3 Å². The smallest absolute Gasteiger partial charge is 0.323 e. The van der Waals surface area contributed by atoms with Crippen LogP contribution in [0.25, 0.3) is 0 Å². The fourth-order valence-electron chi connectivity index (χ4n) is 4.34. The third-order valence-electron chi connectivity index (χ3n) is 5.79. The number of rotatable bonds is 4. The van der Waals surface area contributed by atoms with Crippen LogP contribution < -0.4 is 16.8 Å². The van der Waals surface area contributed by atoms with E-state index in [1.165, 1.54) is 5.56 Å². The van der Waals surface area contributed by atoms with Crippen LogP contribution in [0.2, 0.25) is 0 Å². The molecule has 3 atom stereocenters. The molecule has 7 heteroatoms. The normalized spacial score (nSPS) is 28.4. The molecule has 3 aliphatic heterocycles. The van der Waals surface area contributed by atoms with Gasteiger partial charge in [-0.3, -0.25) is 5.32 Å². The van der Waals surface area contributed by atoms with E-state index in [1.807, 2.05) is 17.0 Å². The van der Waals surface area contributed by atoms with E-state index >= 15 is 0 Å². The van der Waals surface area contributed by atoms with Crippen molar-refractivity contribution in [1.82, 2.24) is 15.1 Å². The Morgan fingerprint density at radius 3 is 2.81 bits per heavy atom. The monoisotopic (exact) mass is 371 g/mol. The van der Waals surface area contributed by atoms with Gasteiger partial charge in [-0.15, -0.1) is 0 Å². The van der Waals surface area contributed by atoms with E-state index in [0.29, 0.717) is 19.7 Å². The van der Waals surface area contributed by atoms with Crippen molar-refractivity contribution in [3.63, 3.8) is 0 Å². The van der Waals surface area contributed by atoms with Gasteiger partial charge in [-0.1, -0.05) is 24.3 Å². The zero-order valence-electron chi connectivity index (χ0n) is 15.6. The van der Waals surface area contributed by atoms with Crippen molar-refractivity contribution in [3.8, 4) is 0 Å². The highest BCUT2D eigenvalue weighted by molar-refractivity contribution is 5.78. The Morgan fingerprint density at radius 2 is 2.04 bits per heavy atom. The van der Waals surface area contributed by atoms with E-state index in [1.54, 1.807) is 0 Å². The second-order valence-corrected chi connectivity index (χ2v) is 7.60. The number of urea groups is 1. The van der Waals surface area contributed by atoms with Crippen LogP contribution in [0.15, 0.2) is 36.2 Å². The quantitative estimate of drug-likeness (QED) is 0.726. The summed E-state index contributed by atoms with van der Waals surface area (Å²) in [5.74, 6) is 0.874. The van der Waals surface area contributed by atoms with Gasteiger partial charge < -0.3 is 26.0 Å². The minimum Gasteiger partial charge on any atom is -0.374 e. The molecule has 1 aromatic rings. The van der Waals surface area contributed by atoms with Gasteiger partial charge in [0.15, 0.2) is 0 Å². The summed E-state index contributed by atoms with van der Waals surface area (Å²) < 4.78 is 6.11. The maximum absolute atomic E-state index is 12.7. The van der Waals surface area contributed by atoms with E-state index in [2.05, 4.69) is 28.4 Å². The SMILES string of the molecule is NCc1ccccc1CC1OCCN2C(=O)NC(N3CCCC(N)C3)=CC12. The Morgan fingerprint density at radius 1 is 1.22 bits per heavy atom. The third kappa shape index (κ3) is 3.81. The van der Waals surface area contributed by atoms with E-state index < -0.39 is 0 Å². The average Bonchev–Trinajstić information content (AvgIpc) is 2.69. The number of amides is 2. The number of nitrogens with one attached hydrogen (secondary N) is 1. The molecule has 5 N–H and O–H groups in total. The fraction of sp³-hybridized carbons (Fsp3) is 0.550. The molecule has 0 aliphatic carbocycles. The molecule has 3 unspecified atom stereocenters. The number of fused-ring (bicyclic) bond motifs is 1. The number of hydrogen-bond donors (Lipinski definition) is 3. The highest BCUT2D eigenvalue weighted by atomic mass is 16.5. The topological polar surface area (TPSA) is 96.8 Å². The summed E-state index contributed by atoms with van der Waals surface area (Å²) in [5, 5.41) is 3.06. The first kappa shape index (κ1) is 18.3. The maximum Gasteiger partial charge on any atom is 0.323 e. The van der Waals surface area contributed by atoms with E-state index in [4.69, 9.17) is 16.2 Å². The summed E-state index contributed by atoms with van der Waals surface area (Å²) >= 11 is 0. The second-order valence-electron chi connectivity index (χ2n) is 7.60. The second kappa shape index (κ2) is 7.88. The number of carbonyl (C=O) groups is 1. The molecule has 2 fully saturated rings. The third-order valence-corrected chi connectivity index (χ3v) is 5.79. The van der Waals surface area contributed by atoms with Crippen molar-refractivity contribution in [2.24, 2.45) is 11.5 Å². The molecule has 3 heterocycles. The van der Waals surface area contributed by atoms with Crippen molar-refractivity contribution in [2.45, 2.75) is 44.0 Å². The first-order valence-corrected chi connectivity index (χ1v) is 9.84. The van der Waals surface area contributed by atoms with E-state index in [0.717, 1.165) is 43.7 Å². The molecule has 27 heavy (non-hydrogen) atoms. The van der Waals surface area contributed by atoms with Gasteiger partial charge in [0, 0.05) is 38.6 Å². The molecule has 0 bridgehead atoms. The first-order chi connectivity index (χ1) is 13.2. The van der Waals surface area contributed by atoms with E-state index in [9.17, 15) is 4.79 Å². The Bertz CT molecular complexity index is 722. The zero-order valence-corrected chi connectivity index (χ0v) is 15.6. The molecule has 0 saturated carbocycles. The van der Waals surface area contributed by atoms with Gasteiger partial charge in [-0.25, -0.2) is 4.79 Å². The summed E-state index contributed by atoms with van der Waals surface area (Å²) in [5.41, 5.74) is 14.3.